The molecule has 0 aliphatic carbocycles. The van der Waals surface area contributed by atoms with Crippen LogP contribution in [0.1, 0.15) is 276 Å². The number of ether oxygens (including phenoxy) is 3. The molecule has 2 aliphatic rings. The number of aliphatic imine (C=N–C) groups is 1. The number of hydrogen-bond acceptors (Lipinski definition) is 8. The van der Waals surface area contributed by atoms with Crippen LogP contribution in [0.5, 0.6) is 0 Å². The monoisotopic (exact) mass is 922 g/mol. The van der Waals surface area contributed by atoms with Crippen LogP contribution in [0.4, 0.5) is 10.1 Å². The molecule has 2 aliphatic heterocycles. The van der Waals surface area contributed by atoms with Gasteiger partial charge in [0, 0.05) is 25.5 Å². The zero-order valence-corrected chi connectivity index (χ0v) is 42.6. The molecule has 0 aromatic carbocycles. The molecule has 376 valence electrons. The Hall–Kier alpha value is -2.86. The molecule has 4 atom stereocenters. The van der Waals surface area contributed by atoms with E-state index in [9.17, 15) is 14.0 Å². The van der Waals surface area contributed by atoms with Gasteiger partial charge in [-0.15, -0.1) is 6.42 Å². The number of aryl methyl sites for hydroxylation is 2. The highest BCUT2D eigenvalue weighted by molar-refractivity contribution is 5.71. The van der Waals surface area contributed by atoms with Gasteiger partial charge in [-0.25, -0.2) is 9.97 Å². The van der Waals surface area contributed by atoms with Gasteiger partial charge in [0.05, 0.1) is 17.5 Å². The summed E-state index contributed by atoms with van der Waals surface area (Å²) in [6, 6.07) is 0. The molecule has 0 bridgehead atoms. The van der Waals surface area contributed by atoms with Crippen LogP contribution >= 0.6 is 0 Å². The lowest BCUT2D eigenvalue weighted by atomic mass is 9.93. The first-order valence-corrected chi connectivity index (χ1v) is 27.9. The first-order valence-electron chi connectivity index (χ1n) is 27.9. The van der Waals surface area contributed by atoms with Crippen LogP contribution in [-0.2, 0) is 30.2 Å². The number of rotatable bonds is 41. The second-order valence-corrected chi connectivity index (χ2v) is 20.1. The van der Waals surface area contributed by atoms with Crippen molar-refractivity contribution in [3.63, 3.8) is 0 Å². The van der Waals surface area contributed by atoms with Crippen molar-refractivity contribution in [3.8, 4) is 12.3 Å². The van der Waals surface area contributed by atoms with E-state index < -0.39 is 17.8 Å². The highest BCUT2D eigenvalue weighted by Crippen LogP contribution is 2.38. The lowest BCUT2D eigenvalue weighted by molar-refractivity contribution is -0.165. The molecular weight excluding hydrogens is 826 g/mol. The first-order chi connectivity index (χ1) is 32.3. The fourth-order valence-corrected chi connectivity index (χ4v) is 9.92. The lowest BCUT2D eigenvalue weighted by Gasteiger charge is -2.29. The lowest BCUT2D eigenvalue weighted by Crippen LogP contribution is -2.45. The Morgan fingerprint density at radius 2 is 1.09 bits per heavy atom. The minimum absolute atomic E-state index is 0.00811. The normalized spacial score (nSPS) is 19.1. The number of hydrogen-bond donors (Lipinski definition) is 0. The van der Waals surface area contributed by atoms with Gasteiger partial charge in [0.15, 0.2) is 5.60 Å². The fraction of sp³-hybridized carbons (Fsp3) is 0.842. The molecule has 1 aromatic heterocycles. The van der Waals surface area contributed by atoms with Crippen molar-refractivity contribution in [2.45, 2.75) is 295 Å². The molecule has 1 fully saturated rings. The highest BCUT2D eigenvalue weighted by Gasteiger charge is 2.51. The summed E-state index contributed by atoms with van der Waals surface area (Å²) in [5.74, 6) is 2.19. The van der Waals surface area contributed by atoms with Gasteiger partial charge >= 0.3 is 18.0 Å². The predicted octanol–water partition coefficient (Wildman–Crippen LogP) is 16.3. The van der Waals surface area contributed by atoms with Crippen LogP contribution < -0.4 is 0 Å². The summed E-state index contributed by atoms with van der Waals surface area (Å²) in [5, 5.41) is 0. The number of aromatic nitrogens is 2. The standard InChI is InChI=1S/C57H96FN3O5/c1-5-8-10-12-14-16-18-20-22-24-26-28-30-32-34-36-38-40-53(62)64-47-57(7-3)52(45-50(66-57)44-49-42-43-51-55(59-46-49)48(4)60-56(58)61-51)65-54(63)41-39-37-35-33-31-29-27-25-23-21-19-17-15-13-11-9-6-2/h3,46,49-50,52H,5-6,8-45,47H2,1-2,4H3/t49?,50?,52-,57?/m0/s1. The Kier molecular flexibility index (Phi) is 32.3. The van der Waals surface area contributed by atoms with Gasteiger partial charge in [0.25, 0.3) is 0 Å². The molecule has 3 heterocycles. The molecule has 1 saturated heterocycles. The Balaban J connectivity index is 1.35. The molecule has 0 spiro atoms. The second-order valence-electron chi connectivity index (χ2n) is 20.1. The van der Waals surface area contributed by atoms with E-state index in [1.165, 1.54) is 180 Å². The van der Waals surface area contributed by atoms with Gasteiger partial charge < -0.3 is 14.2 Å². The average molecular weight is 922 g/mol. The molecule has 0 amide bonds. The topological polar surface area (TPSA) is 100.0 Å². The highest BCUT2D eigenvalue weighted by atomic mass is 19.1. The predicted molar refractivity (Wildman–Crippen MR) is 271 cm³/mol. The van der Waals surface area contributed by atoms with Crippen molar-refractivity contribution in [1.82, 2.24) is 9.97 Å². The van der Waals surface area contributed by atoms with Gasteiger partial charge in [-0.05, 0) is 44.9 Å². The fourth-order valence-electron chi connectivity index (χ4n) is 9.92. The smallest absolute Gasteiger partial charge is 0.309 e. The third-order valence-corrected chi connectivity index (χ3v) is 14.1. The number of carbonyl (C=O) groups is 2. The molecule has 1 aromatic rings. The van der Waals surface area contributed by atoms with E-state index in [1.54, 1.807) is 6.92 Å². The van der Waals surface area contributed by atoms with Crippen molar-refractivity contribution >= 4 is 23.8 Å². The number of fused-ring (bicyclic) bond motifs is 1. The third kappa shape index (κ3) is 25.5. The molecule has 0 N–H and O–H groups in total. The molecule has 66 heavy (non-hydrogen) atoms. The molecule has 3 unspecified atom stereocenters. The molecule has 0 saturated carbocycles. The summed E-state index contributed by atoms with van der Waals surface area (Å²) < 4.78 is 32.5. The minimum Gasteiger partial charge on any atom is -0.461 e. The molecule has 3 rings (SSSR count). The molecule has 8 nitrogen and oxygen atoms in total. The number of carbonyl (C=O) groups excluding carboxylic acids is 2. The Labute approximate surface area is 403 Å². The van der Waals surface area contributed by atoms with Crippen LogP contribution in [0.25, 0.3) is 0 Å². The summed E-state index contributed by atoms with van der Waals surface area (Å²) in [6.07, 6.45) is 52.8. The quantitative estimate of drug-likeness (QED) is 0.0279. The van der Waals surface area contributed by atoms with Crippen LogP contribution in [0.3, 0.4) is 0 Å². The maximum atomic E-state index is 14.0. The molecule has 0 radical (unpaired) electrons. The largest absolute Gasteiger partial charge is 0.461 e. The summed E-state index contributed by atoms with van der Waals surface area (Å²) in [5.41, 5.74) is 0.369. The van der Waals surface area contributed by atoms with Crippen molar-refractivity contribution in [2.75, 3.05) is 6.61 Å². The van der Waals surface area contributed by atoms with Crippen LogP contribution in [0.2, 0.25) is 0 Å². The van der Waals surface area contributed by atoms with E-state index in [2.05, 4.69) is 34.7 Å². The number of terminal acetylenes is 1. The second kappa shape index (κ2) is 37.1. The van der Waals surface area contributed by atoms with E-state index in [-0.39, 0.29) is 30.6 Å². The summed E-state index contributed by atoms with van der Waals surface area (Å²) >= 11 is 0. The Morgan fingerprint density at radius 1 is 0.667 bits per heavy atom. The van der Waals surface area contributed by atoms with Gasteiger partial charge in [-0.3, -0.25) is 14.6 Å². The van der Waals surface area contributed by atoms with Crippen molar-refractivity contribution in [3.05, 3.63) is 17.5 Å². The maximum absolute atomic E-state index is 14.0. The number of nitrogens with zero attached hydrogens (tertiary/aromatic N) is 3. The van der Waals surface area contributed by atoms with Crippen molar-refractivity contribution in [2.24, 2.45) is 10.9 Å². The summed E-state index contributed by atoms with van der Waals surface area (Å²) in [7, 11) is 0. The van der Waals surface area contributed by atoms with E-state index >= 15 is 0 Å². The minimum atomic E-state index is -1.37. The van der Waals surface area contributed by atoms with Gasteiger partial charge in [-0.1, -0.05) is 225 Å². The zero-order valence-electron chi connectivity index (χ0n) is 42.6. The van der Waals surface area contributed by atoms with E-state index in [4.69, 9.17) is 20.6 Å². The van der Waals surface area contributed by atoms with E-state index in [0.717, 1.165) is 38.5 Å². The van der Waals surface area contributed by atoms with Gasteiger partial charge in [-0.2, -0.15) is 4.39 Å². The van der Waals surface area contributed by atoms with E-state index in [1.807, 2.05) is 6.21 Å². The SMILES string of the molecule is C#CC1(COC(=O)CCCCCCCCCCCCCCCCCCC)OC(CC2C=Nc3c(C)nc(F)nc3CC2)C[C@@H]1OC(=O)CCCCCCCCCCCCCCCCCCC. The van der Waals surface area contributed by atoms with Crippen LogP contribution in [0.15, 0.2) is 4.99 Å². The summed E-state index contributed by atoms with van der Waals surface area (Å²) in [4.78, 5) is 38.8. The van der Waals surface area contributed by atoms with E-state index in [0.29, 0.717) is 55.6 Å². The maximum Gasteiger partial charge on any atom is 0.309 e. The number of unbranched alkanes of at least 4 members (excludes halogenated alkanes) is 32. The summed E-state index contributed by atoms with van der Waals surface area (Å²) in [6.45, 7) is 6.13. The number of esters is 2. The number of halogens is 1. The average Bonchev–Trinajstić information content (AvgIpc) is 3.50. The van der Waals surface area contributed by atoms with Gasteiger partial charge in [0.2, 0.25) is 0 Å². The Bertz CT molecular complexity index is 1500. The third-order valence-electron chi connectivity index (χ3n) is 14.1. The molecular formula is C57H96FN3O5. The zero-order chi connectivity index (χ0) is 47.3. The van der Waals surface area contributed by atoms with Crippen LogP contribution in [-0.4, -0.2) is 52.5 Å². The first kappa shape index (κ1) is 57.5. The molecule has 9 heteroatoms. The van der Waals surface area contributed by atoms with Crippen LogP contribution in [0, 0.1) is 31.3 Å². The Morgan fingerprint density at radius 3 is 1.53 bits per heavy atom. The van der Waals surface area contributed by atoms with Crippen molar-refractivity contribution in [1.29, 1.82) is 0 Å². The van der Waals surface area contributed by atoms with Crippen molar-refractivity contribution < 1.29 is 28.2 Å². The van der Waals surface area contributed by atoms with Gasteiger partial charge in [0.1, 0.15) is 18.4 Å².